The Morgan fingerprint density at radius 1 is 1.17 bits per heavy atom. The molecule has 3 fully saturated rings. The third kappa shape index (κ3) is 2.82. The van der Waals surface area contributed by atoms with Gasteiger partial charge in [0.1, 0.15) is 11.6 Å². The zero-order chi connectivity index (χ0) is 16.8. The van der Waals surface area contributed by atoms with Gasteiger partial charge >= 0.3 is 0 Å². The van der Waals surface area contributed by atoms with Gasteiger partial charge in [0.15, 0.2) is 0 Å². The molecule has 1 saturated carbocycles. The number of nitrogens with one attached hydrogen (secondary N) is 3. The zero-order valence-electron chi connectivity index (χ0n) is 13.6. The van der Waals surface area contributed by atoms with Gasteiger partial charge in [0, 0.05) is 12.1 Å². The Morgan fingerprint density at radius 2 is 1.92 bits per heavy atom. The van der Waals surface area contributed by atoms with Crippen molar-refractivity contribution < 1.29 is 13.6 Å². The summed E-state index contributed by atoms with van der Waals surface area (Å²) in [5.74, 6) is -1.02. The van der Waals surface area contributed by atoms with E-state index in [0.29, 0.717) is 12.8 Å². The minimum atomic E-state index is -0.727. The lowest BCUT2D eigenvalue weighted by Gasteiger charge is -2.33. The maximum Gasteiger partial charge on any atom is 0.237 e. The van der Waals surface area contributed by atoms with Crippen LogP contribution in [-0.2, 0) is 10.3 Å². The van der Waals surface area contributed by atoms with Gasteiger partial charge in [0.05, 0.1) is 11.6 Å². The predicted molar refractivity (Wildman–Crippen MR) is 86.4 cm³/mol. The molecular weight excluding hydrogens is 312 g/mol. The predicted octanol–water partition coefficient (Wildman–Crippen LogP) is 1.80. The first-order valence-corrected chi connectivity index (χ1v) is 8.74. The summed E-state index contributed by atoms with van der Waals surface area (Å²) in [6.07, 6.45) is 4.28. The molecular formula is C18H23F2N3O. The number of hydrogen-bond donors (Lipinski definition) is 3. The van der Waals surface area contributed by atoms with E-state index in [-0.39, 0.29) is 22.9 Å². The summed E-state index contributed by atoms with van der Waals surface area (Å²) in [6.45, 7) is 2.84. The van der Waals surface area contributed by atoms with Crippen LogP contribution in [-0.4, -0.2) is 31.6 Å². The van der Waals surface area contributed by atoms with Crippen LogP contribution < -0.4 is 16.0 Å². The minimum absolute atomic E-state index is 0.0911. The Morgan fingerprint density at radius 3 is 2.62 bits per heavy atom. The maximum atomic E-state index is 14.1. The van der Waals surface area contributed by atoms with Crippen molar-refractivity contribution >= 4 is 5.91 Å². The second-order valence-corrected chi connectivity index (χ2v) is 7.58. The molecule has 2 saturated heterocycles. The molecule has 4 nitrogen and oxygen atoms in total. The fourth-order valence-electron chi connectivity index (χ4n) is 4.21. The van der Waals surface area contributed by atoms with Crippen LogP contribution in [0.5, 0.6) is 0 Å². The number of halogens is 2. The van der Waals surface area contributed by atoms with E-state index >= 15 is 0 Å². The SMILES string of the molecule is O=C(NC1(c2cc(F)ccc2F)CC1)[C@@H]1CC2(CCNCC2)CN1. The molecule has 1 spiro atoms. The molecule has 1 aliphatic carbocycles. The Hall–Kier alpha value is -1.53. The van der Waals surface area contributed by atoms with E-state index in [1.54, 1.807) is 0 Å². The van der Waals surface area contributed by atoms with E-state index in [1.165, 1.54) is 6.07 Å². The highest BCUT2D eigenvalue weighted by atomic mass is 19.1. The number of rotatable bonds is 3. The zero-order valence-corrected chi connectivity index (χ0v) is 13.6. The van der Waals surface area contributed by atoms with E-state index in [4.69, 9.17) is 0 Å². The van der Waals surface area contributed by atoms with Crippen molar-refractivity contribution in [3.63, 3.8) is 0 Å². The molecule has 24 heavy (non-hydrogen) atoms. The van der Waals surface area contributed by atoms with Crippen LogP contribution in [0.3, 0.4) is 0 Å². The van der Waals surface area contributed by atoms with Crippen LogP contribution >= 0.6 is 0 Å². The summed E-state index contributed by atoms with van der Waals surface area (Å²) < 4.78 is 27.6. The molecule has 2 heterocycles. The van der Waals surface area contributed by atoms with Crippen molar-refractivity contribution in [1.82, 2.24) is 16.0 Å². The number of carbonyl (C=O) groups excluding carboxylic acids is 1. The van der Waals surface area contributed by atoms with Crippen molar-refractivity contribution in [2.45, 2.75) is 43.7 Å². The number of carbonyl (C=O) groups is 1. The normalized spacial score (nSPS) is 27.2. The van der Waals surface area contributed by atoms with Gasteiger partial charge in [-0.15, -0.1) is 0 Å². The van der Waals surface area contributed by atoms with Gasteiger partial charge < -0.3 is 16.0 Å². The lowest BCUT2D eigenvalue weighted by atomic mass is 9.77. The van der Waals surface area contributed by atoms with Gasteiger partial charge in [0.2, 0.25) is 5.91 Å². The molecule has 3 aliphatic rings. The van der Waals surface area contributed by atoms with Crippen LogP contribution in [0, 0.1) is 17.0 Å². The summed E-state index contributed by atoms with van der Waals surface area (Å²) in [6, 6.07) is 3.21. The van der Waals surface area contributed by atoms with Crippen molar-refractivity contribution in [3.8, 4) is 0 Å². The highest BCUT2D eigenvalue weighted by Crippen LogP contribution is 2.47. The Labute approximate surface area is 140 Å². The van der Waals surface area contributed by atoms with Crippen LogP contribution in [0.2, 0.25) is 0 Å². The van der Waals surface area contributed by atoms with Crippen molar-refractivity contribution in [1.29, 1.82) is 0 Å². The molecule has 3 N–H and O–H groups in total. The highest BCUT2D eigenvalue weighted by Gasteiger charge is 2.50. The van der Waals surface area contributed by atoms with E-state index in [2.05, 4.69) is 16.0 Å². The second kappa shape index (κ2) is 5.77. The molecule has 0 radical (unpaired) electrons. The van der Waals surface area contributed by atoms with Crippen molar-refractivity contribution in [2.24, 2.45) is 5.41 Å². The summed E-state index contributed by atoms with van der Waals surface area (Å²) in [4.78, 5) is 12.7. The number of benzene rings is 1. The standard InChI is InChI=1S/C18H23F2N3O/c19-12-1-2-14(20)13(9-12)18(3-4-18)23-16(24)15-10-17(11-22-15)5-7-21-8-6-17/h1-2,9,15,21-22H,3-8,10-11H2,(H,23,24)/t15-/m0/s1. The van der Waals surface area contributed by atoms with Gasteiger partial charge in [-0.05, 0) is 68.8 Å². The maximum absolute atomic E-state index is 14.1. The van der Waals surface area contributed by atoms with Crippen LogP contribution in [0.15, 0.2) is 18.2 Å². The van der Waals surface area contributed by atoms with Gasteiger partial charge in [-0.25, -0.2) is 8.78 Å². The average Bonchev–Trinajstić information content (AvgIpc) is 3.24. The van der Waals surface area contributed by atoms with E-state index < -0.39 is 17.2 Å². The van der Waals surface area contributed by atoms with E-state index in [0.717, 1.165) is 51.0 Å². The van der Waals surface area contributed by atoms with E-state index in [9.17, 15) is 13.6 Å². The molecule has 2 aliphatic heterocycles. The monoisotopic (exact) mass is 335 g/mol. The largest absolute Gasteiger partial charge is 0.345 e. The highest BCUT2D eigenvalue weighted by molar-refractivity contribution is 5.83. The first-order chi connectivity index (χ1) is 11.5. The quantitative estimate of drug-likeness (QED) is 0.790. The third-order valence-corrected chi connectivity index (χ3v) is 5.90. The van der Waals surface area contributed by atoms with Crippen LogP contribution in [0.4, 0.5) is 8.78 Å². The van der Waals surface area contributed by atoms with E-state index in [1.807, 2.05) is 0 Å². The van der Waals surface area contributed by atoms with Crippen LogP contribution in [0.1, 0.15) is 37.7 Å². The molecule has 6 heteroatoms. The third-order valence-electron chi connectivity index (χ3n) is 5.90. The van der Waals surface area contributed by atoms with Crippen molar-refractivity contribution in [3.05, 3.63) is 35.4 Å². The fraction of sp³-hybridized carbons (Fsp3) is 0.611. The topological polar surface area (TPSA) is 53.2 Å². The smallest absolute Gasteiger partial charge is 0.237 e. The Balaban J connectivity index is 1.45. The number of hydrogen-bond acceptors (Lipinski definition) is 3. The van der Waals surface area contributed by atoms with Gasteiger partial charge in [-0.2, -0.15) is 0 Å². The molecule has 130 valence electrons. The molecule has 0 unspecified atom stereocenters. The molecule has 1 amide bonds. The van der Waals surface area contributed by atoms with Gasteiger partial charge in [-0.1, -0.05) is 0 Å². The van der Waals surface area contributed by atoms with Crippen molar-refractivity contribution in [2.75, 3.05) is 19.6 Å². The van der Waals surface area contributed by atoms with Crippen LogP contribution in [0.25, 0.3) is 0 Å². The summed E-state index contributed by atoms with van der Waals surface area (Å²) >= 11 is 0. The molecule has 4 rings (SSSR count). The molecule has 1 aromatic rings. The minimum Gasteiger partial charge on any atom is -0.345 e. The molecule has 1 atom stereocenters. The lowest BCUT2D eigenvalue weighted by molar-refractivity contribution is -0.124. The Bertz CT molecular complexity index is 654. The molecule has 1 aromatic carbocycles. The lowest BCUT2D eigenvalue weighted by Crippen LogP contribution is -2.45. The van der Waals surface area contributed by atoms with Gasteiger partial charge in [0.25, 0.3) is 0 Å². The fourth-order valence-corrected chi connectivity index (χ4v) is 4.21. The first kappa shape index (κ1) is 16.0. The molecule has 0 aromatic heterocycles. The number of piperidine rings is 1. The second-order valence-electron chi connectivity index (χ2n) is 7.58. The number of amides is 1. The summed E-state index contributed by atoms with van der Waals surface area (Å²) in [7, 11) is 0. The first-order valence-electron chi connectivity index (χ1n) is 8.74. The molecule has 0 bridgehead atoms. The Kier molecular flexibility index (Phi) is 3.84. The average molecular weight is 335 g/mol. The van der Waals surface area contributed by atoms with Gasteiger partial charge in [-0.3, -0.25) is 4.79 Å². The summed E-state index contributed by atoms with van der Waals surface area (Å²) in [5, 5.41) is 9.68. The summed E-state index contributed by atoms with van der Waals surface area (Å²) in [5.41, 5.74) is -0.256.